The molecule has 3 heterocycles. The van der Waals surface area contributed by atoms with E-state index in [4.69, 9.17) is 0 Å². The van der Waals surface area contributed by atoms with E-state index in [1.54, 1.807) is 6.92 Å². The Bertz CT molecular complexity index is 787. The number of nitrogens with zero attached hydrogens (tertiary/aromatic N) is 2. The molecule has 0 unspecified atom stereocenters. The lowest BCUT2D eigenvalue weighted by molar-refractivity contribution is -0.140. The zero-order valence-corrected chi connectivity index (χ0v) is 14.0. The van der Waals surface area contributed by atoms with Crippen LogP contribution in [-0.2, 0) is 22.6 Å². The predicted octanol–water partition coefficient (Wildman–Crippen LogP) is 2.31. The second-order valence-corrected chi connectivity index (χ2v) is 6.92. The standard InChI is InChI=1S/C19H23N3O2/c1-13(23)21-9-6-14(7-10-21)19(24)22-11-8-18-16(12-22)15-4-2-3-5-17(15)20-18/h2-5,14,20H,6-12H2,1H3. The molecule has 0 bridgehead atoms. The highest BCUT2D eigenvalue weighted by Crippen LogP contribution is 2.29. The smallest absolute Gasteiger partial charge is 0.226 e. The second kappa shape index (κ2) is 5.96. The lowest BCUT2D eigenvalue weighted by atomic mass is 9.94. The van der Waals surface area contributed by atoms with Crippen molar-refractivity contribution in [1.82, 2.24) is 14.8 Å². The summed E-state index contributed by atoms with van der Waals surface area (Å²) >= 11 is 0. The van der Waals surface area contributed by atoms with Crippen molar-refractivity contribution in [2.45, 2.75) is 32.7 Å². The van der Waals surface area contributed by atoms with Crippen LogP contribution in [0.4, 0.5) is 0 Å². The minimum atomic E-state index is 0.0624. The molecule has 24 heavy (non-hydrogen) atoms. The van der Waals surface area contributed by atoms with Gasteiger partial charge in [-0.15, -0.1) is 0 Å². The summed E-state index contributed by atoms with van der Waals surface area (Å²) in [5.74, 6) is 0.434. The van der Waals surface area contributed by atoms with Gasteiger partial charge in [-0.3, -0.25) is 9.59 Å². The van der Waals surface area contributed by atoms with Crippen molar-refractivity contribution in [3.63, 3.8) is 0 Å². The van der Waals surface area contributed by atoms with Gasteiger partial charge < -0.3 is 14.8 Å². The van der Waals surface area contributed by atoms with Crippen molar-refractivity contribution in [2.75, 3.05) is 19.6 Å². The number of hydrogen-bond acceptors (Lipinski definition) is 2. The molecule has 0 aliphatic carbocycles. The summed E-state index contributed by atoms with van der Waals surface area (Å²) in [7, 11) is 0. The van der Waals surface area contributed by atoms with Gasteiger partial charge in [-0.05, 0) is 18.9 Å². The first-order valence-corrected chi connectivity index (χ1v) is 8.76. The maximum absolute atomic E-state index is 12.9. The molecular weight excluding hydrogens is 302 g/mol. The quantitative estimate of drug-likeness (QED) is 0.875. The average molecular weight is 325 g/mol. The number of hydrogen-bond donors (Lipinski definition) is 1. The Morgan fingerprint density at radius 3 is 2.58 bits per heavy atom. The summed E-state index contributed by atoms with van der Waals surface area (Å²) in [5.41, 5.74) is 3.70. The summed E-state index contributed by atoms with van der Waals surface area (Å²) < 4.78 is 0. The first-order valence-electron chi connectivity index (χ1n) is 8.76. The highest BCUT2D eigenvalue weighted by molar-refractivity contribution is 5.86. The fraction of sp³-hybridized carbons (Fsp3) is 0.474. The molecule has 1 aromatic heterocycles. The molecule has 0 spiro atoms. The van der Waals surface area contributed by atoms with E-state index < -0.39 is 0 Å². The molecule has 2 aliphatic heterocycles. The van der Waals surface area contributed by atoms with Gasteiger partial charge in [0.05, 0.1) is 0 Å². The lowest BCUT2D eigenvalue weighted by Crippen LogP contribution is -2.45. The van der Waals surface area contributed by atoms with Crippen molar-refractivity contribution in [2.24, 2.45) is 5.92 Å². The van der Waals surface area contributed by atoms with Gasteiger partial charge >= 0.3 is 0 Å². The SMILES string of the molecule is CC(=O)N1CCC(C(=O)N2CCc3[nH]c4ccccc4c3C2)CC1. The minimum Gasteiger partial charge on any atom is -0.358 e. The summed E-state index contributed by atoms with van der Waals surface area (Å²) in [6, 6.07) is 8.31. The molecule has 2 amide bonds. The average Bonchev–Trinajstić information content (AvgIpc) is 2.99. The van der Waals surface area contributed by atoms with Crippen LogP contribution in [0, 0.1) is 5.92 Å². The molecule has 1 N–H and O–H groups in total. The van der Waals surface area contributed by atoms with E-state index >= 15 is 0 Å². The van der Waals surface area contributed by atoms with Crippen LogP contribution in [0.5, 0.6) is 0 Å². The Balaban J connectivity index is 1.48. The van der Waals surface area contributed by atoms with Gasteiger partial charge in [-0.25, -0.2) is 0 Å². The van der Waals surface area contributed by atoms with Crippen molar-refractivity contribution in [3.8, 4) is 0 Å². The van der Waals surface area contributed by atoms with Gasteiger partial charge in [-0.2, -0.15) is 0 Å². The molecule has 4 rings (SSSR count). The van der Waals surface area contributed by atoms with Gasteiger partial charge in [0.1, 0.15) is 0 Å². The molecule has 5 heteroatoms. The number of H-pyrrole nitrogens is 1. The Labute approximate surface area is 141 Å². The Kier molecular flexibility index (Phi) is 3.79. The third kappa shape index (κ3) is 2.58. The maximum atomic E-state index is 12.9. The van der Waals surface area contributed by atoms with Crippen LogP contribution < -0.4 is 0 Å². The van der Waals surface area contributed by atoms with Gasteiger partial charge in [0.25, 0.3) is 0 Å². The number of amides is 2. The van der Waals surface area contributed by atoms with Crippen molar-refractivity contribution < 1.29 is 9.59 Å². The topological polar surface area (TPSA) is 56.4 Å². The van der Waals surface area contributed by atoms with E-state index in [2.05, 4.69) is 23.2 Å². The van der Waals surface area contributed by atoms with E-state index in [0.717, 1.165) is 31.3 Å². The zero-order valence-electron chi connectivity index (χ0n) is 14.0. The van der Waals surface area contributed by atoms with Crippen molar-refractivity contribution in [3.05, 3.63) is 35.5 Å². The Morgan fingerprint density at radius 2 is 1.83 bits per heavy atom. The monoisotopic (exact) mass is 325 g/mol. The number of para-hydroxylation sites is 1. The molecule has 1 saturated heterocycles. The van der Waals surface area contributed by atoms with Crippen LogP contribution in [0.3, 0.4) is 0 Å². The third-order valence-corrected chi connectivity index (χ3v) is 5.48. The fourth-order valence-corrected chi connectivity index (χ4v) is 4.05. The molecule has 1 aromatic carbocycles. The zero-order chi connectivity index (χ0) is 16.7. The van der Waals surface area contributed by atoms with E-state index in [1.807, 2.05) is 15.9 Å². The molecular formula is C19H23N3O2. The predicted molar refractivity (Wildman–Crippen MR) is 92.4 cm³/mol. The summed E-state index contributed by atoms with van der Waals surface area (Å²) in [5, 5.41) is 1.23. The maximum Gasteiger partial charge on any atom is 0.226 e. The van der Waals surface area contributed by atoms with E-state index in [0.29, 0.717) is 19.6 Å². The molecule has 126 valence electrons. The van der Waals surface area contributed by atoms with Crippen LogP contribution >= 0.6 is 0 Å². The number of rotatable bonds is 1. The second-order valence-electron chi connectivity index (χ2n) is 6.92. The van der Waals surface area contributed by atoms with Crippen LogP contribution in [-0.4, -0.2) is 46.2 Å². The number of carbonyl (C=O) groups is 2. The van der Waals surface area contributed by atoms with Crippen LogP contribution in [0.1, 0.15) is 31.0 Å². The normalized spacial score (nSPS) is 18.7. The number of likely N-dealkylation sites (tertiary alicyclic amines) is 1. The van der Waals surface area contributed by atoms with Crippen LogP contribution in [0.25, 0.3) is 10.9 Å². The molecule has 0 radical (unpaired) electrons. The van der Waals surface area contributed by atoms with Crippen molar-refractivity contribution >= 4 is 22.7 Å². The number of aromatic nitrogens is 1. The molecule has 0 atom stereocenters. The molecule has 2 aliphatic rings. The van der Waals surface area contributed by atoms with Crippen LogP contribution in [0.15, 0.2) is 24.3 Å². The minimum absolute atomic E-state index is 0.0624. The van der Waals surface area contributed by atoms with E-state index in [-0.39, 0.29) is 17.7 Å². The van der Waals surface area contributed by atoms with E-state index in [9.17, 15) is 9.59 Å². The molecule has 1 fully saturated rings. The molecule has 2 aromatic rings. The number of aromatic amines is 1. The van der Waals surface area contributed by atoms with E-state index in [1.165, 1.54) is 16.6 Å². The molecule has 5 nitrogen and oxygen atoms in total. The summed E-state index contributed by atoms with van der Waals surface area (Å²) in [6.45, 7) is 4.50. The number of benzene rings is 1. The summed E-state index contributed by atoms with van der Waals surface area (Å²) in [4.78, 5) is 31.7. The number of carbonyl (C=O) groups excluding carboxylic acids is 2. The van der Waals surface area contributed by atoms with Gasteiger partial charge in [0, 0.05) is 67.6 Å². The highest BCUT2D eigenvalue weighted by atomic mass is 16.2. The van der Waals surface area contributed by atoms with Gasteiger partial charge in [-0.1, -0.05) is 18.2 Å². The number of piperidine rings is 1. The van der Waals surface area contributed by atoms with Crippen molar-refractivity contribution in [1.29, 1.82) is 0 Å². The van der Waals surface area contributed by atoms with Gasteiger partial charge in [0.2, 0.25) is 11.8 Å². The largest absolute Gasteiger partial charge is 0.358 e. The number of nitrogens with one attached hydrogen (secondary N) is 1. The lowest BCUT2D eigenvalue weighted by Gasteiger charge is -2.35. The van der Waals surface area contributed by atoms with Gasteiger partial charge in [0.15, 0.2) is 0 Å². The third-order valence-electron chi connectivity index (χ3n) is 5.48. The fourth-order valence-electron chi connectivity index (χ4n) is 4.05. The first kappa shape index (κ1) is 15.2. The Morgan fingerprint density at radius 1 is 1.08 bits per heavy atom. The van der Waals surface area contributed by atoms with Crippen LogP contribution in [0.2, 0.25) is 0 Å². The Hall–Kier alpha value is -2.30. The summed E-state index contributed by atoms with van der Waals surface area (Å²) in [6.07, 6.45) is 2.47. The number of fused-ring (bicyclic) bond motifs is 3. The highest BCUT2D eigenvalue weighted by Gasteiger charge is 2.31. The first-order chi connectivity index (χ1) is 11.6. The molecule has 0 saturated carbocycles.